The molecule has 1 aromatic carbocycles. The van der Waals surface area contributed by atoms with E-state index in [4.69, 9.17) is 9.97 Å². The third-order valence-corrected chi connectivity index (χ3v) is 5.90. The first-order chi connectivity index (χ1) is 15.5. The highest BCUT2D eigenvalue weighted by atomic mass is 19.1. The van der Waals surface area contributed by atoms with Crippen molar-refractivity contribution in [2.45, 2.75) is 45.6 Å². The number of piperidine rings is 1. The number of likely N-dealkylation sites (tertiary alicyclic amines) is 1. The predicted molar refractivity (Wildman–Crippen MR) is 122 cm³/mol. The summed E-state index contributed by atoms with van der Waals surface area (Å²) in [5.41, 5.74) is 4.30. The van der Waals surface area contributed by atoms with Crippen molar-refractivity contribution < 1.29 is 9.18 Å². The third kappa shape index (κ3) is 5.53. The number of nitrogens with one attached hydrogen (secondary N) is 1. The molecule has 1 aliphatic heterocycles. The van der Waals surface area contributed by atoms with E-state index in [-0.39, 0.29) is 24.1 Å². The Morgan fingerprint density at radius 1 is 1.16 bits per heavy atom. The van der Waals surface area contributed by atoms with Gasteiger partial charge < -0.3 is 5.32 Å². The fourth-order valence-electron chi connectivity index (χ4n) is 4.26. The molecule has 0 saturated carbocycles. The first-order valence-electron chi connectivity index (χ1n) is 11.0. The number of aromatic nitrogens is 3. The molecule has 0 spiro atoms. The summed E-state index contributed by atoms with van der Waals surface area (Å²) >= 11 is 0. The molecular weight excluding hydrogens is 405 g/mol. The van der Waals surface area contributed by atoms with Crippen LogP contribution in [0.2, 0.25) is 0 Å². The van der Waals surface area contributed by atoms with Crippen molar-refractivity contribution >= 4 is 11.6 Å². The number of pyridine rings is 1. The lowest BCUT2D eigenvalue weighted by Crippen LogP contribution is -2.34. The van der Waals surface area contributed by atoms with Gasteiger partial charge in [-0.25, -0.2) is 14.4 Å². The standard InChI is InChI=1S/C25H28FN5O/c1-17-23(13-24(32)30-22-9-7-21(26)8-10-22)18(2)29-25(28-17)20-6-4-12-31(16-20)15-19-5-3-11-27-14-19/h3,5,7-11,14,20H,4,6,12-13,15-16H2,1-2H3,(H,30,32). The minimum atomic E-state index is -0.333. The van der Waals surface area contributed by atoms with Crippen molar-refractivity contribution in [3.63, 3.8) is 0 Å². The van der Waals surface area contributed by atoms with Crippen LogP contribution in [0.1, 0.15) is 47.1 Å². The van der Waals surface area contributed by atoms with E-state index < -0.39 is 0 Å². The molecule has 1 amide bonds. The molecule has 1 atom stereocenters. The molecule has 32 heavy (non-hydrogen) atoms. The van der Waals surface area contributed by atoms with E-state index in [1.807, 2.05) is 26.1 Å². The normalized spacial score (nSPS) is 16.7. The number of aryl methyl sites for hydroxylation is 2. The highest BCUT2D eigenvalue weighted by molar-refractivity contribution is 5.92. The highest BCUT2D eigenvalue weighted by Crippen LogP contribution is 2.27. The van der Waals surface area contributed by atoms with E-state index in [1.54, 1.807) is 18.3 Å². The molecule has 4 rings (SSSR count). The fraction of sp³-hybridized carbons (Fsp3) is 0.360. The van der Waals surface area contributed by atoms with Gasteiger partial charge in [0, 0.05) is 54.0 Å². The monoisotopic (exact) mass is 433 g/mol. The maximum Gasteiger partial charge on any atom is 0.228 e. The first-order valence-corrected chi connectivity index (χ1v) is 11.0. The van der Waals surface area contributed by atoms with Gasteiger partial charge in [0.25, 0.3) is 0 Å². The Morgan fingerprint density at radius 3 is 2.59 bits per heavy atom. The first kappa shape index (κ1) is 22.0. The van der Waals surface area contributed by atoms with E-state index in [0.717, 1.165) is 55.3 Å². The number of carbonyl (C=O) groups is 1. The molecule has 2 aromatic heterocycles. The molecule has 1 aliphatic rings. The van der Waals surface area contributed by atoms with Gasteiger partial charge in [-0.3, -0.25) is 14.7 Å². The van der Waals surface area contributed by atoms with Crippen LogP contribution in [0.3, 0.4) is 0 Å². The Bertz CT molecular complexity index is 1050. The second-order valence-electron chi connectivity index (χ2n) is 8.40. The number of amides is 1. The van der Waals surface area contributed by atoms with Crippen LogP contribution in [0.25, 0.3) is 0 Å². The van der Waals surface area contributed by atoms with Crippen LogP contribution >= 0.6 is 0 Å². The Balaban J connectivity index is 1.42. The van der Waals surface area contributed by atoms with Crippen molar-refractivity contribution in [1.82, 2.24) is 19.9 Å². The van der Waals surface area contributed by atoms with Crippen LogP contribution in [0.15, 0.2) is 48.8 Å². The number of carbonyl (C=O) groups excluding carboxylic acids is 1. The fourth-order valence-corrected chi connectivity index (χ4v) is 4.26. The molecule has 3 aromatic rings. The van der Waals surface area contributed by atoms with Gasteiger partial charge >= 0.3 is 0 Å². The van der Waals surface area contributed by atoms with Crippen LogP contribution in [0, 0.1) is 19.7 Å². The molecule has 1 fully saturated rings. The van der Waals surface area contributed by atoms with Crippen molar-refractivity contribution in [3.05, 3.63) is 82.9 Å². The van der Waals surface area contributed by atoms with Crippen LogP contribution in [0.4, 0.5) is 10.1 Å². The molecule has 0 radical (unpaired) electrons. The summed E-state index contributed by atoms with van der Waals surface area (Å²) < 4.78 is 13.1. The Hall–Kier alpha value is -3.19. The molecule has 3 heterocycles. The van der Waals surface area contributed by atoms with E-state index in [9.17, 15) is 9.18 Å². The largest absolute Gasteiger partial charge is 0.326 e. The predicted octanol–water partition coefficient (Wildman–Crippen LogP) is 4.19. The molecule has 1 unspecified atom stereocenters. The van der Waals surface area contributed by atoms with E-state index in [0.29, 0.717) is 5.69 Å². The average molecular weight is 434 g/mol. The quantitative estimate of drug-likeness (QED) is 0.631. The van der Waals surface area contributed by atoms with Gasteiger partial charge in [0.05, 0.1) is 6.42 Å². The number of hydrogen-bond donors (Lipinski definition) is 1. The second kappa shape index (κ2) is 9.96. The number of rotatable bonds is 6. The SMILES string of the molecule is Cc1nc(C2CCCN(Cc3cccnc3)C2)nc(C)c1CC(=O)Nc1ccc(F)cc1. The van der Waals surface area contributed by atoms with Crippen LogP contribution < -0.4 is 5.32 Å². The summed E-state index contributed by atoms with van der Waals surface area (Å²) in [6.45, 7) is 6.73. The highest BCUT2D eigenvalue weighted by Gasteiger charge is 2.25. The van der Waals surface area contributed by atoms with Crippen molar-refractivity contribution in [3.8, 4) is 0 Å². The number of nitrogens with zero attached hydrogens (tertiary/aromatic N) is 4. The molecule has 6 nitrogen and oxygen atoms in total. The zero-order valence-corrected chi connectivity index (χ0v) is 18.5. The molecule has 1 saturated heterocycles. The molecule has 1 N–H and O–H groups in total. The Kier molecular flexibility index (Phi) is 6.85. The molecule has 0 bridgehead atoms. The average Bonchev–Trinajstić information content (AvgIpc) is 2.78. The van der Waals surface area contributed by atoms with Gasteiger partial charge in [-0.2, -0.15) is 0 Å². The van der Waals surface area contributed by atoms with Gasteiger partial charge in [-0.15, -0.1) is 0 Å². The summed E-state index contributed by atoms with van der Waals surface area (Å²) in [5.74, 6) is 0.637. The Labute approximate surface area is 187 Å². The summed E-state index contributed by atoms with van der Waals surface area (Å²) in [4.78, 5) is 28.7. The van der Waals surface area contributed by atoms with Crippen LogP contribution in [-0.4, -0.2) is 38.8 Å². The number of anilines is 1. The smallest absolute Gasteiger partial charge is 0.228 e. The van der Waals surface area contributed by atoms with Gasteiger partial charge in [-0.1, -0.05) is 6.07 Å². The Morgan fingerprint density at radius 2 is 1.91 bits per heavy atom. The van der Waals surface area contributed by atoms with Gasteiger partial charge in [0.2, 0.25) is 5.91 Å². The molecule has 166 valence electrons. The van der Waals surface area contributed by atoms with E-state index in [1.165, 1.54) is 17.7 Å². The minimum Gasteiger partial charge on any atom is -0.326 e. The summed E-state index contributed by atoms with van der Waals surface area (Å²) in [7, 11) is 0. The van der Waals surface area contributed by atoms with Gasteiger partial charge in [0.15, 0.2) is 0 Å². The van der Waals surface area contributed by atoms with Crippen LogP contribution in [-0.2, 0) is 17.8 Å². The van der Waals surface area contributed by atoms with Crippen molar-refractivity contribution in [2.24, 2.45) is 0 Å². The molecule has 0 aliphatic carbocycles. The maximum absolute atomic E-state index is 13.1. The zero-order chi connectivity index (χ0) is 22.5. The second-order valence-corrected chi connectivity index (χ2v) is 8.40. The summed E-state index contributed by atoms with van der Waals surface area (Å²) in [6, 6.07) is 9.82. The number of halogens is 1. The van der Waals surface area contributed by atoms with E-state index in [2.05, 4.69) is 21.3 Å². The maximum atomic E-state index is 13.1. The summed E-state index contributed by atoms with van der Waals surface area (Å²) in [5, 5.41) is 2.81. The van der Waals surface area contributed by atoms with Crippen molar-refractivity contribution in [2.75, 3.05) is 18.4 Å². The lowest BCUT2D eigenvalue weighted by Gasteiger charge is -2.32. The molecule has 7 heteroatoms. The number of hydrogen-bond acceptors (Lipinski definition) is 5. The number of benzene rings is 1. The zero-order valence-electron chi connectivity index (χ0n) is 18.5. The van der Waals surface area contributed by atoms with Gasteiger partial charge in [0.1, 0.15) is 11.6 Å². The van der Waals surface area contributed by atoms with Crippen LogP contribution in [0.5, 0.6) is 0 Å². The lowest BCUT2D eigenvalue weighted by atomic mass is 9.96. The van der Waals surface area contributed by atoms with Gasteiger partial charge in [-0.05, 0) is 69.1 Å². The van der Waals surface area contributed by atoms with E-state index >= 15 is 0 Å². The van der Waals surface area contributed by atoms with Crippen molar-refractivity contribution in [1.29, 1.82) is 0 Å². The third-order valence-electron chi connectivity index (χ3n) is 5.90. The minimum absolute atomic E-state index is 0.167. The molecular formula is C25H28FN5O. The lowest BCUT2D eigenvalue weighted by molar-refractivity contribution is -0.115. The topological polar surface area (TPSA) is 71.0 Å². The summed E-state index contributed by atoms with van der Waals surface area (Å²) in [6.07, 6.45) is 6.07.